The van der Waals surface area contributed by atoms with Crippen molar-refractivity contribution in [2.75, 3.05) is 25.1 Å². The zero-order valence-corrected chi connectivity index (χ0v) is 25.8. The highest BCUT2D eigenvalue weighted by molar-refractivity contribution is 7.07. The van der Waals surface area contributed by atoms with Gasteiger partial charge in [0, 0.05) is 5.69 Å². The molecule has 5 rings (SSSR count). The number of nitrogens with one attached hydrogen (secondary N) is 1. The SMILES string of the molecule is CCOC(=O)C1=C(C)N=c2s/c(=C/c3ccc(OCC(=O)Nc4ccccc4C)cc3)c(=O)n2[C@H]1c1ccc(OCC)cc1. The number of para-hydroxylation sites is 1. The Morgan fingerprint density at radius 1 is 0.932 bits per heavy atom. The summed E-state index contributed by atoms with van der Waals surface area (Å²) in [7, 11) is 0. The quantitative estimate of drug-likeness (QED) is 0.264. The number of rotatable bonds is 10. The molecular weight excluding hydrogens is 578 g/mol. The van der Waals surface area contributed by atoms with Gasteiger partial charge in [0.15, 0.2) is 11.4 Å². The summed E-state index contributed by atoms with van der Waals surface area (Å²) in [5.41, 5.74) is 3.78. The molecule has 0 saturated heterocycles. The number of amides is 1. The van der Waals surface area contributed by atoms with Crippen LogP contribution in [0.15, 0.2) is 93.9 Å². The minimum atomic E-state index is -0.704. The molecule has 0 spiro atoms. The van der Waals surface area contributed by atoms with E-state index in [1.165, 1.54) is 11.3 Å². The molecule has 1 N–H and O–H groups in total. The predicted molar refractivity (Wildman–Crippen MR) is 170 cm³/mol. The van der Waals surface area contributed by atoms with Crippen molar-refractivity contribution in [3.63, 3.8) is 0 Å². The summed E-state index contributed by atoms with van der Waals surface area (Å²) >= 11 is 1.25. The van der Waals surface area contributed by atoms with Crippen LogP contribution in [-0.2, 0) is 14.3 Å². The Bertz CT molecular complexity index is 1890. The number of aromatic nitrogens is 1. The molecule has 0 bridgehead atoms. The van der Waals surface area contributed by atoms with Crippen molar-refractivity contribution in [2.45, 2.75) is 33.7 Å². The van der Waals surface area contributed by atoms with Gasteiger partial charge in [0.1, 0.15) is 11.5 Å². The number of carbonyl (C=O) groups is 2. The lowest BCUT2D eigenvalue weighted by atomic mass is 9.96. The Balaban J connectivity index is 1.41. The summed E-state index contributed by atoms with van der Waals surface area (Å²) in [6, 6.07) is 21.3. The topological polar surface area (TPSA) is 108 Å². The fraction of sp³-hybridized carbons (Fsp3) is 0.235. The van der Waals surface area contributed by atoms with E-state index in [0.29, 0.717) is 38.7 Å². The molecule has 1 aliphatic rings. The number of allylic oxidation sites excluding steroid dienone is 1. The zero-order chi connectivity index (χ0) is 31.2. The third kappa shape index (κ3) is 6.65. The Labute approximate surface area is 258 Å². The molecule has 0 saturated carbocycles. The first-order valence-electron chi connectivity index (χ1n) is 14.3. The van der Waals surface area contributed by atoms with Crippen molar-refractivity contribution < 1.29 is 23.8 Å². The minimum Gasteiger partial charge on any atom is -0.494 e. The van der Waals surface area contributed by atoms with Crippen molar-refractivity contribution in [1.29, 1.82) is 0 Å². The number of ether oxygens (including phenoxy) is 3. The highest BCUT2D eigenvalue weighted by Gasteiger charge is 2.33. The fourth-order valence-corrected chi connectivity index (χ4v) is 5.93. The van der Waals surface area contributed by atoms with Gasteiger partial charge in [0.2, 0.25) is 0 Å². The van der Waals surface area contributed by atoms with Gasteiger partial charge in [0.05, 0.1) is 35.1 Å². The molecule has 0 aliphatic carbocycles. The van der Waals surface area contributed by atoms with Crippen LogP contribution in [0.1, 0.15) is 43.5 Å². The molecule has 0 radical (unpaired) electrons. The van der Waals surface area contributed by atoms with Crippen LogP contribution in [0, 0.1) is 6.92 Å². The number of hydrogen-bond acceptors (Lipinski definition) is 8. The molecule has 1 aromatic heterocycles. The van der Waals surface area contributed by atoms with E-state index in [-0.39, 0.29) is 24.7 Å². The third-order valence-corrected chi connectivity index (χ3v) is 7.97. The second-order valence-electron chi connectivity index (χ2n) is 10.0. The number of hydrogen-bond donors (Lipinski definition) is 1. The molecule has 3 aromatic carbocycles. The smallest absolute Gasteiger partial charge is 0.338 e. The van der Waals surface area contributed by atoms with Gasteiger partial charge in [-0.1, -0.05) is 53.8 Å². The van der Waals surface area contributed by atoms with E-state index in [0.717, 1.165) is 22.4 Å². The predicted octanol–water partition coefficient (Wildman–Crippen LogP) is 4.52. The Kier molecular flexibility index (Phi) is 9.40. The maximum atomic E-state index is 13.8. The zero-order valence-electron chi connectivity index (χ0n) is 25.0. The van der Waals surface area contributed by atoms with E-state index in [1.54, 1.807) is 36.6 Å². The highest BCUT2D eigenvalue weighted by Crippen LogP contribution is 2.31. The van der Waals surface area contributed by atoms with Crippen LogP contribution in [-0.4, -0.2) is 36.3 Å². The molecule has 0 fully saturated rings. The number of thiazole rings is 1. The van der Waals surface area contributed by atoms with Gasteiger partial charge in [-0.3, -0.25) is 14.2 Å². The summed E-state index contributed by atoms with van der Waals surface area (Å²) in [5, 5.41) is 2.84. The van der Waals surface area contributed by atoms with Crippen LogP contribution in [0.5, 0.6) is 11.5 Å². The number of esters is 1. The summed E-state index contributed by atoms with van der Waals surface area (Å²) in [5.74, 6) is 0.448. The average Bonchev–Trinajstić information content (AvgIpc) is 3.31. The van der Waals surface area contributed by atoms with Crippen LogP contribution in [0.3, 0.4) is 0 Å². The average molecular weight is 612 g/mol. The summed E-state index contributed by atoms with van der Waals surface area (Å²) in [6.07, 6.45) is 1.77. The van der Waals surface area contributed by atoms with E-state index >= 15 is 0 Å². The number of fused-ring (bicyclic) bond motifs is 1. The van der Waals surface area contributed by atoms with E-state index < -0.39 is 12.0 Å². The molecule has 226 valence electrons. The summed E-state index contributed by atoms with van der Waals surface area (Å²) in [6.45, 7) is 7.92. The van der Waals surface area contributed by atoms with Gasteiger partial charge in [-0.2, -0.15) is 0 Å². The maximum absolute atomic E-state index is 13.8. The number of nitrogens with zero attached hydrogens (tertiary/aromatic N) is 2. The van der Waals surface area contributed by atoms with Crippen LogP contribution < -0.4 is 29.7 Å². The first-order chi connectivity index (χ1) is 21.3. The highest BCUT2D eigenvalue weighted by atomic mass is 32.1. The molecule has 44 heavy (non-hydrogen) atoms. The molecule has 1 aliphatic heterocycles. The molecule has 1 atom stereocenters. The number of anilines is 1. The van der Waals surface area contributed by atoms with E-state index in [2.05, 4.69) is 10.3 Å². The number of benzene rings is 3. The molecule has 2 heterocycles. The van der Waals surface area contributed by atoms with Crippen LogP contribution >= 0.6 is 11.3 Å². The van der Waals surface area contributed by atoms with E-state index in [9.17, 15) is 14.4 Å². The van der Waals surface area contributed by atoms with Crippen LogP contribution in [0.25, 0.3) is 6.08 Å². The summed E-state index contributed by atoms with van der Waals surface area (Å²) < 4.78 is 18.6. The van der Waals surface area contributed by atoms with Gasteiger partial charge in [-0.15, -0.1) is 0 Å². The van der Waals surface area contributed by atoms with E-state index in [4.69, 9.17) is 14.2 Å². The number of aryl methyl sites for hydroxylation is 1. The molecular formula is C34H33N3O6S. The van der Waals surface area contributed by atoms with Crippen molar-refractivity contribution in [3.8, 4) is 11.5 Å². The second kappa shape index (κ2) is 13.6. The Morgan fingerprint density at radius 2 is 1.61 bits per heavy atom. The molecule has 0 unspecified atom stereocenters. The Hall–Kier alpha value is -4.96. The van der Waals surface area contributed by atoms with Crippen LogP contribution in [0.2, 0.25) is 0 Å². The lowest BCUT2D eigenvalue weighted by Crippen LogP contribution is -2.39. The second-order valence-corrected chi connectivity index (χ2v) is 11.0. The third-order valence-electron chi connectivity index (χ3n) is 6.99. The lowest BCUT2D eigenvalue weighted by molar-refractivity contribution is -0.139. The van der Waals surface area contributed by atoms with Crippen molar-refractivity contribution in [2.24, 2.45) is 4.99 Å². The molecule has 4 aromatic rings. The van der Waals surface area contributed by atoms with E-state index in [1.807, 2.05) is 74.5 Å². The first-order valence-corrected chi connectivity index (χ1v) is 15.1. The fourth-order valence-electron chi connectivity index (χ4n) is 4.88. The maximum Gasteiger partial charge on any atom is 0.338 e. The Morgan fingerprint density at radius 3 is 2.30 bits per heavy atom. The monoisotopic (exact) mass is 611 g/mol. The summed E-state index contributed by atoms with van der Waals surface area (Å²) in [4.78, 5) is 44.4. The van der Waals surface area contributed by atoms with Crippen LogP contribution in [0.4, 0.5) is 5.69 Å². The van der Waals surface area contributed by atoms with Gasteiger partial charge in [-0.05, 0) is 80.8 Å². The normalized spacial score (nSPS) is 14.5. The first kappa shape index (κ1) is 30.5. The largest absolute Gasteiger partial charge is 0.494 e. The van der Waals surface area contributed by atoms with Gasteiger partial charge in [-0.25, -0.2) is 9.79 Å². The molecule has 10 heteroatoms. The van der Waals surface area contributed by atoms with Gasteiger partial charge < -0.3 is 19.5 Å². The van der Waals surface area contributed by atoms with Crippen molar-refractivity contribution >= 4 is 35.0 Å². The standard InChI is InChI=1S/C34H33N3O6S/c1-5-41-25-17-13-24(14-18-25)31-30(33(40)42-6-2)22(4)35-34-37(31)32(39)28(44-34)19-23-11-15-26(16-12-23)43-20-29(38)36-27-10-8-7-9-21(27)3/h7-19,31H,5-6,20H2,1-4H3,(H,36,38)/b28-19+/t31-/m0/s1. The van der Waals surface area contributed by atoms with Gasteiger partial charge in [0.25, 0.3) is 11.5 Å². The lowest BCUT2D eigenvalue weighted by Gasteiger charge is -2.24. The number of carbonyl (C=O) groups excluding carboxylic acids is 2. The van der Waals surface area contributed by atoms with Crippen molar-refractivity contribution in [1.82, 2.24) is 4.57 Å². The molecule has 9 nitrogen and oxygen atoms in total. The molecule has 1 amide bonds. The van der Waals surface area contributed by atoms with Gasteiger partial charge >= 0.3 is 5.97 Å². The minimum absolute atomic E-state index is 0.139. The van der Waals surface area contributed by atoms with Crippen molar-refractivity contribution in [3.05, 3.63) is 120 Å².